The van der Waals surface area contributed by atoms with Crippen LogP contribution < -0.4 is 0 Å². The predicted molar refractivity (Wildman–Crippen MR) is 85.5 cm³/mol. The lowest BCUT2D eigenvalue weighted by Gasteiger charge is -2.18. The molecule has 0 heterocycles. The third kappa shape index (κ3) is 3.99. The van der Waals surface area contributed by atoms with E-state index in [1.165, 1.54) is 11.1 Å². The van der Waals surface area contributed by atoms with Crippen molar-refractivity contribution >= 4 is 23.2 Å². The third-order valence-corrected chi connectivity index (χ3v) is 3.81. The molecule has 1 unspecified atom stereocenters. The van der Waals surface area contributed by atoms with Crippen molar-refractivity contribution in [1.29, 1.82) is 0 Å². The van der Waals surface area contributed by atoms with Crippen molar-refractivity contribution in [2.75, 3.05) is 0 Å². The van der Waals surface area contributed by atoms with Gasteiger partial charge in [0.1, 0.15) is 0 Å². The Morgan fingerprint density at radius 3 is 2.35 bits per heavy atom. The molecular weight excluding hydrogens is 291 g/mol. The van der Waals surface area contributed by atoms with Crippen molar-refractivity contribution in [3.8, 4) is 0 Å². The molecule has 2 aromatic rings. The SMILES string of the molecule is CCC(OCc1ccc(C)cc1)c1ccc(Cl)cc1Cl. The Morgan fingerprint density at radius 1 is 1.05 bits per heavy atom. The summed E-state index contributed by atoms with van der Waals surface area (Å²) in [6.45, 7) is 4.75. The summed E-state index contributed by atoms with van der Waals surface area (Å²) in [5, 5.41) is 1.31. The fraction of sp³-hybridized carbons (Fsp3) is 0.294. The molecule has 0 bridgehead atoms. The first-order chi connectivity index (χ1) is 9.60. The first kappa shape index (κ1) is 15.4. The van der Waals surface area contributed by atoms with Crippen LogP contribution in [-0.4, -0.2) is 0 Å². The van der Waals surface area contributed by atoms with Gasteiger partial charge in [-0.25, -0.2) is 0 Å². The van der Waals surface area contributed by atoms with Crippen LogP contribution in [0.3, 0.4) is 0 Å². The van der Waals surface area contributed by atoms with Gasteiger partial charge in [0, 0.05) is 10.0 Å². The largest absolute Gasteiger partial charge is 0.369 e. The molecule has 0 aliphatic carbocycles. The van der Waals surface area contributed by atoms with E-state index in [1.807, 2.05) is 12.1 Å². The zero-order chi connectivity index (χ0) is 14.5. The predicted octanol–water partition coefficient (Wildman–Crippen LogP) is 5.97. The van der Waals surface area contributed by atoms with E-state index < -0.39 is 0 Å². The average molecular weight is 309 g/mol. The molecule has 2 rings (SSSR count). The summed E-state index contributed by atoms with van der Waals surface area (Å²) in [6.07, 6.45) is 0.855. The van der Waals surface area contributed by atoms with Gasteiger partial charge in [0.15, 0.2) is 0 Å². The number of ether oxygens (including phenoxy) is 1. The van der Waals surface area contributed by atoms with E-state index >= 15 is 0 Å². The molecule has 0 radical (unpaired) electrons. The summed E-state index contributed by atoms with van der Waals surface area (Å²) in [6, 6.07) is 13.9. The molecule has 0 amide bonds. The normalized spacial score (nSPS) is 12.4. The van der Waals surface area contributed by atoms with Crippen LogP contribution in [0.4, 0.5) is 0 Å². The minimum Gasteiger partial charge on any atom is -0.369 e. The van der Waals surface area contributed by atoms with Crippen molar-refractivity contribution in [3.63, 3.8) is 0 Å². The summed E-state index contributed by atoms with van der Waals surface area (Å²) in [5.41, 5.74) is 3.41. The molecule has 0 fully saturated rings. The minimum atomic E-state index is -0.0129. The zero-order valence-corrected chi connectivity index (χ0v) is 13.2. The second kappa shape index (κ2) is 7.12. The second-order valence-corrected chi connectivity index (χ2v) is 5.70. The molecule has 0 aliphatic heterocycles. The van der Waals surface area contributed by atoms with Gasteiger partial charge in [-0.1, -0.05) is 66.0 Å². The van der Waals surface area contributed by atoms with Crippen LogP contribution in [0.5, 0.6) is 0 Å². The van der Waals surface area contributed by atoms with Crippen LogP contribution in [-0.2, 0) is 11.3 Å². The van der Waals surface area contributed by atoms with E-state index in [-0.39, 0.29) is 6.10 Å². The van der Waals surface area contributed by atoms with Gasteiger partial charge in [-0.15, -0.1) is 0 Å². The van der Waals surface area contributed by atoms with Crippen molar-refractivity contribution in [3.05, 3.63) is 69.2 Å². The molecule has 0 aromatic heterocycles. The molecule has 20 heavy (non-hydrogen) atoms. The molecule has 1 nitrogen and oxygen atoms in total. The third-order valence-electron chi connectivity index (χ3n) is 3.25. The van der Waals surface area contributed by atoms with E-state index in [2.05, 4.69) is 38.1 Å². The standard InChI is InChI=1S/C17H18Cl2O/c1-3-17(15-9-8-14(18)10-16(15)19)20-11-13-6-4-12(2)5-7-13/h4-10,17H,3,11H2,1-2H3. The molecule has 0 spiro atoms. The minimum absolute atomic E-state index is 0.0129. The number of halogens is 2. The second-order valence-electron chi connectivity index (χ2n) is 4.86. The Hall–Kier alpha value is -1.02. The van der Waals surface area contributed by atoms with Crippen LogP contribution >= 0.6 is 23.2 Å². The Balaban J connectivity index is 2.07. The fourth-order valence-electron chi connectivity index (χ4n) is 2.07. The van der Waals surface area contributed by atoms with E-state index in [1.54, 1.807) is 6.07 Å². The Morgan fingerprint density at radius 2 is 1.75 bits per heavy atom. The van der Waals surface area contributed by atoms with Gasteiger partial charge in [-0.3, -0.25) is 0 Å². The van der Waals surface area contributed by atoms with Gasteiger partial charge < -0.3 is 4.74 Å². The Kier molecular flexibility index (Phi) is 5.47. The first-order valence-electron chi connectivity index (χ1n) is 6.72. The van der Waals surface area contributed by atoms with Crippen molar-refractivity contribution in [2.24, 2.45) is 0 Å². The Labute approximate surface area is 130 Å². The van der Waals surface area contributed by atoms with Crippen molar-refractivity contribution in [2.45, 2.75) is 33.0 Å². The highest BCUT2D eigenvalue weighted by molar-refractivity contribution is 6.35. The van der Waals surface area contributed by atoms with Gasteiger partial charge in [-0.05, 0) is 36.6 Å². The topological polar surface area (TPSA) is 9.23 Å². The number of benzene rings is 2. The summed E-state index contributed by atoms with van der Waals surface area (Å²) in [4.78, 5) is 0. The highest BCUT2D eigenvalue weighted by atomic mass is 35.5. The van der Waals surface area contributed by atoms with Crippen molar-refractivity contribution < 1.29 is 4.74 Å². The van der Waals surface area contributed by atoms with Crippen molar-refractivity contribution in [1.82, 2.24) is 0 Å². The molecular formula is C17H18Cl2O. The van der Waals surface area contributed by atoms with Gasteiger partial charge in [0.2, 0.25) is 0 Å². The van der Waals surface area contributed by atoms with E-state index in [0.29, 0.717) is 16.7 Å². The smallest absolute Gasteiger partial charge is 0.0841 e. The molecule has 2 aromatic carbocycles. The molecule has 0 aliphatic rings. The average Bonchev–Trinajstić information content (AvgIpc) is 2.43. The molecule has 3 heteroatoms. The highest BCUT2D eigenvalue weighted by Crippen LogP contribution is 2.31. The van der Waals surface area contributed by atoms with Crippen LogP contribution in [0.15, 0.2) is 42.5 Å². The van der Waals surface area contributed by atoms with Gasteiger partial charge in [0.25, 0.3) is 0 Å². The zero-order valence-electron chi connectivity index (χ0n) is 11.7. The highest BCUT2D eigenvalue weighted by Gasteiger charge is 2.14. The maximum atomic E-state index is 6.24. The molecule has 0 saturated heterocycles. The van der Waals surface area contributed by atoms with Crippen LogP contribution in [0, 0.1) is 6.92 Å². The van der Waals surface area contributed by atoms with Crippen LogP contribution in [0.25, 0.3) is 0 Å². The Bertz CT molecular complexity index is 564. The van der Waals surface area contributed by atoms with E-state index in [0.717, 1.165) is 12.0 Å². The van der Waals surface area contributed by atoms with E-state index in [4.69, 9.17) is 27.9 Å². The molecule has 106 valence electrons. The van der Waals surface area contributed by atoms with Gasteiger partial charge in [0.05, 0.1) is 12.7 Å². The lowest BCUT2D eigenvalue weighted by molar-refractivity contribution is 0.0372. The lowest BCUT2D eigenvalue weighted by atomic mass is 10.1. The number of rotatable bonds is 5. The first-order valence-corrected chi connectivity index (χ1v) is 7.48. The fourth-order valence-corrected chi connectivity index (χ4v) is 2.60. The lowest BCUT2D eigenvalue weighted by Crippen LogP contribution is -2.04. The summed E-state index contributed by atoms with van der Waals surface area (Å²) < 4.78 is 6.00. The molecule has 1 atom stereocenters. The molecule has 0 saturated carbocycles. The number of hydrogen-bond donors (Lipinski definition) is 0. The van der Waals surface area contributed by atoms with Crippen LogP contribution in [0.1, 0.15) is 36.1 Å². The quantitative estimate of drug-likeness (QED) is 0.661. The monoisotopic (exact) mass is 308 g/mol. The van der Waals surface area contributed by atoms with Gasteiger partial charge >= 0.3 is 0 Å². The number of aryl methyl sites for hydroxylation is 1. The molecule has 0 N–H and O–H groups in total. The maximum Gasteiger partial charge on any atom is 0.0841 e. The van der Waals surface area contributed by atoms with Gasteiger partial charge in [-0.2, -0.15) is 0 Å². The van der Waals surface area contributed by atoms with E-state index in [9.17, 15) is 0 Å². The van der Waals surface area contributed by atoms with Crippen LogP contribution in [0.2, 0.25) is 10.0 Å². The number of hydrogen-bond acceptors (Lipinski definition) is 1. The summed E-state index contributed by atoms with van der Waals surface area (Å²) >= 11 is 12.2. The summed E-state index contributed by atoms with van der Waals surface area (Å²) in [7, 11) is 0. The maximum absolute atomic E-state index is 6.24. The summed E-state index contributed by atoms with van der Waals surface area (Å²) in [5.74, 6) is 0.